The summed E-state index contributed by atoms with van der Waals surface area (Å²) in [5, 5.41) is 12.7. The number of rotatable bonds is 4. The normalized spacial score (nSPS) is 10.7. The highest BCUT2D eigenvalue weighted by atomic mass is 19.2. The number of halogens is 3. The van der Waals surface area contributed by atoms with Crippen LogP contribution in [0.4, 0.5) is 30.6 Å². The Morgan fingerprint density at radius 1 is 1.00 bits per heavy atom. The molecular weight excluding hydrogens is 321 g/mol. The van der Waals surface area contributed by atoms with Gasteiger partial charge < -0.3 is 15.1 Å². The summed E-state index contributed by atoms with van der Waals surface area (Å²) in [7, 11) is 1.57. The molecule has 0 unspecified atom stereocenters. The largest absolute Gasteiger partial charge is 0.403 e. The van der Waals surface area contributed by atoms with Crippen LogP contribution in [0.25, 0.3) is 11.5 Å². The molecular formula is C16H13F3N4O. The summed E-state index contributed by atoms with van der Waals surface area (Å²) >= 11 is 0. The van der Waals surface area contributed by atoms with E-state index >= 15 is 0 Å². The van der Waals surface area contributed by atoms with Crippen LogP contribution in [-0.2, 0) is 0 Å². The van der Waals surface area contributed by atoms with Crippen LogP contribution in [0.1, 0.15) is 5.56 Å². The predicted molar refractivity (Wildman–Crippen MR) is 83.6 cm³/mol. The molecule has 0 fully saturated rings. The van der Waals surface area contributed by atoms with Crippen molar-refractivity contribution in [2.24, 2.45) is 0 Å². The van der Waals surface area contributed by atoms with Crippen molar-refractivity contribution in [1.82, 2.24) is 10.2 Å². The van der Waals surface area contributed by atoms with Gasteiger partial charge in [0.2, 0.25) is 0 Å². The number of nitrogens with zero attached hydrogens (tertiary/aromatic N) is 2. The van der Waals surface area contributed by atoms with Gasteiger partial charge in [-0.05, 0) is 36.8 Å². The maximum Gasteiger partial charge on any atom is 0.315 e. The molecule has 0 atom stereocenters. The molecule has 0 spiro atoms. The zero-order valence-electron chi connectivity index (χ0n) is 12.8. The molecule has 8 heteroatoms. The van der Waals surface area contributed by atoms with Crippen molar-refractivity contribution in [2.45, 2.75) is 6.92 Å². The van der Waals surface area contributed by atoms with Crippen molar-refractivity contribution in [3.63, 3.8) is 0 Å². The first-order valence-electron chi connectivity index (χ1n) is 7.02. The number of nitrogens with one attached hydrogen (secondary N) is 2. The van der Waals surface area contributed by atoms with Gasteiger partial charge in [-0.3, -0.25) is 0 Å². The van der Waals surface area contributed by atoms with Crippen molar-refractivity contribution < 1.29 is 17.6 Å². The van der Waals surface area contributed by atoms with Gasteiger partial charge in [0.05, 0.1) is 16.9 Å². The van der Waals surface area contributed by atoms with Crippen LogP contribution in [0.2, 0.25) is 0 Å². The molecule has 3 rings (SSSR count). The topological polar surface area (TPSA) is 63.0 Å². The molecule has 2 aromatic carbocycles. The summed E-state index contributed by atoms with van der Waals surface area (Å²) in [6, 6.07) is 6.69. The number of hydrogen-bond donors (Lipinski definition) is 2. The first kappa shape index (κ1) is 15.9. The first-order chi connectivity index (χ1) is 11.5. The van der Waals surface area contributed by atoms with Gasteiger partial charge in [-0.15, -0.1) is 5.10 Å². The third kappa shape index (κ3) is 2.90. The molecule has 124 valence electrons. The van der Waals surface area contributed by atoms with Crippen LogP contribution in [0.15, 0.2) is 34.7 Å². The van der Waals surface area contributed by atoms with E-state index in [1.165, 1.54) is 18.2 Å². The van der Waals surface area contributed by atoms with Crippen molar-refractivity contribution >= 4 is 17.4 Å². The summed E-state index contributed by atoms with van der Waals surface area (Å²) < 4.78 is 47.2. The van der Waals surface area contributed by atoms with Gasteiger partial charge in [0.15, 0.2) is 11.6 Å². The van der Waals surface area contributed by atoms with Crippen LogP contribution >= 0.6 is 0 Å². The molecule has 0 radical (unpaired) electrons. The van der Waals surface area contributed by atoms with Gasteiger partial charge in [0.25, 0.3) is 5.89 Å². The molecule has 0 aliphatic rings. The average Bonchev–Trinajstić information content (AvgIpc) is 3.03. The second-order valence-electron chi connectivity index (χ2n) is 5.05. The Balaban J connectivity index is 2.09. The molecule has 24 heavy (non-hydrogen) atoms. The molecule has 5 nitrogen and oxygen atoms in total. The molecule has 1 heterocycles. The third-order valence-corrected chi connectivity index (χ3v) is 3.35. The molecule has 0 aliphatic heterocycles. The van der Waals surface area contributed by atoms with Gasteiger partial charge >= 0.3 is 6.01 Å². The molecule has 0 bridgehead atoms. The lowest BCUT2D eigenvalue weighted by Gasteiger charge is -2.12. The van der Waals surface area contributed by atoms with E-state index in [4.69, 9.17) is 4.42 Å². The zero-order valence-corrected chi connectivity index (χ0v) is 12.8. The summed E-state index contributed by atoms with van der Waals surface area (Å²) in [5.41, 5.74) is 0.528. The average molecular weight is 334 g/mol. The smallest absolute Gasteiger partial charge is 0.315 e. The van der Waals surface area contributed by atoms with Gasteiger partial charge in [-0.2, -0.15) is 0 Å². The lowest BCUT2D eigenvalue weighted by molar-refractivity contribution is 0.511. The summed E-state index contributed by atoms with van der Waals surface area (Å²) in [6.45, 7) is 1.72. The number of hydrogen-bond acceptors (Lipinski definition) is 5. The minimum Gasteiger partial charge on any atom is -0.403 e. The van der Waals surface area contributed by atoms with E-state index in [0.717, 1.165) is 6.07 Å². The van der Waals surface area contributed by atoms with Gasteiger partial charge in [0, 0.05) is 7.05 Å². The highest BCUT2D eigenvalue weighted by molar-refractivity contribution is 5.77. The number of aromatic nitrogens is 2. The Labute approximate surface area is 135 Å². The molecule has 3 aromatic rings. The second kappa shape index (κ2) is 6.23. The summed E-state index contributed by atoms with van der Waals surface area (Å²) in [4.78, 5) is 0. The maximum atomic E-state index is 14.3. The van der Waals surface area contributed by atoms with E-state index in [1.54, 1.807) is 20.0 Å². The summed E-state index contributed by atoms with van der Waals surface area (Å²) in [5.74, 6) is -2.88. The fourth-order valence-electron chi connectivity index (χ4n) is 2.14. The SMILES string of the molecule is CNc1nnc(-c2ccc(F)c(F)c2Nc2ccc(C)cc2F)o1. The fraction of sp³-hybridized carbons (Fsp3) is 0.125. The zero-order chi connectivity index (χ0) is 17.3. The van der Waals surface area contributed by atoms with E-state index in [9.17, 15) is 13.2 Å². The van der Waals surface area contributed by atoms with Crippen LogP contribution in [0.3, 0.4) is 0 Å². The molecule has 0 aliphatic carbocycles. The number of benzene rings is 2. The van der Waals surface area contributed by atoms with E-state index < -0.39 is 17.5 Å². The Bertz CT molecular complexity index is 895. The molecule has 0 amide bonds. The van der Waals surface area contributed by atoms with Crippen molar-refractivity contribution in [1.29, 1.82) is 0 Å². The standard InChI is InChI=1S/C16H13F3N4O/c1-8-3-6-12(11(18)7-8)21-14-9(4-5-10(17)13(14)19)15-22-23-16(20-2)24-15/h3-7,21H,1-2H3,(H,20,23). The van der Waals surface area contributed by atoms with Crippen LogP contribution in [-0.4, -0.2) is 17.2 Å². The van der Waals surface area contributed by atoms with E-state index in [1.807, 2.05) is 0 Å². The van der Waals surface area contributed by atoms with E-state index in [0.29, 0.717) is 5.56 Å². The molecule has 0 saturated carbocycles. The second-order valence-corrected chi connectivity index (χ2v) is 5.05. The quantitative estimate of drug-likeness (QED) is 0.747. The highest BCUT2D eigenvalue weighted by Crippen LogP contribution is 2.34. The molecule has 2 N–H and O–H groups in total. The minimum absolute atomic E-state index is 0.000273. The van der Waals surface area contributed by atoms with E-state index in [-0.39, 0.29) is 28.8 Å². The third-order valence-electron chi connectivity index (χ3n) is 3.35. The lowest BCUT2D eigenvalue weighted by atomic mass is 10.1. The highest BCUT2D eigenvalue weighted by Gasteiger charge is 2.20. The van der Waals surface area contributed by atoms with Gasteiger partial charge in [-0.1, -0.05) is 11.2 Å². The van der Waals surface area contributed by atoms with Crippen molar-refractivity contribution in [3.05, 3.63) is 53.3 Å². The lowest BCUT2D eigenvalue weighted by Crippen LogP contribution is -2.01. The van der Waals surface area contributed by atoms with Crippen molar-refractivity contribution in [3.8, 4) is 11.5 Å². The van der Waals surface area contributed by atoms with Crippen LogP contribution in [0, 0.1) is 24.4 Å². The van der Waals surface area contributed by atoms with Crippen LogP contribution < -0.4 is 10.6 Å². The van der Waals surface area contributed by atoms with Crippen molar-refractivity contribution in [2.75, 3.05) is 17.7 Å². The maximum absolute atomic E-state index is 14.3. The molecule has 0 saturated heterocycles. The van der Waals surface area contributed by atoms with Crippen LogP contribution in [0.5, 0.6) is 0 Å². The van der Waals surface area contributed by atoms with E-state index in [2.05, 4.69) is 20.8 Å². The number of aryl methyl sites for hydroxylation is 1. The Hall–Kier alpha value is -3.03. The fourth-order valence-corrected chi connectivity index (χ4v) is 2.14. The monoisotopic (exact) mass is 334 g/mol. The Morgan fingerprint density at radius 3 is 2.46 bits per heavy atom. The summed E-state index contributed by atoms with van der Waals surface area (Å²) in [6.07, 6.45) is 0. The predicted octanol–water partition coefficient (Wildman–Crippen LogP) is 4.25. The Kier molecular flexibility index (Phi) is 4.11. The minimum atomic E-state index is -1.17. The Morgan fingerprint density at radius 2 is 1.79 bits per heavy atom. The van der Waals surface area contributed by atoms with Gasteiger partial charge in [-0.25, -0.2) is 13.2 Å². The molecule has 1 aromatic heterocycles. The van der Waals surface area contributed by atoms with Gasteiger partial charge in [0.1, 0.15) is 5.82 Å². The number of anilines is 3. The first-order valence-corrected chi connectivity index (χ1v) is 7.02.